The smallest absolute Gasteiger partial charge is 0.407 e. The summed E-state index contributed by atoms with van der Waals surface area (Å²) in [6.07, 6.45) is 1.66. The molecule has 0 radical (unpaired) electrons. The van der Waals surface area contributed by atoms with Gasteiger partial charge in [0.15, 0.2) is 0 Å². The number of carbonyl (C=O) groups is 3. The summed E-state index contributed by atoms with van der Waals surface area (Å²) >= 11 is 0. The lowest BCUT2D eigenvalue weighted by atomic mass is 9.76. The summed E-state index contributed by atoms with van der Waals surface area (Å²) in [7, 11) is 3.27. The molecule has 0 aromatic heterocycles. The van der Waals surface area contributed by atoms with E-state index in [0.717, 1.165) is 22.4 Å². The fourth-order valence-corrected chi connectivity index (χ4v) is 5.49. The number of amides is 2. The fourth-order valence-electron chi connectivity index (χ4n) is 5.49. The molecule has 232 valence electrons. The Morgan fingerprint density at radius 3 is 1.80 bits per heavy atom. The Morgan fingerprint density at radius 1 is 0.841 bits per heavy atom. The first kappa shape index (κ1) is 32.1. The first-order valence-electron chi connectivity index (χ1n) is 14.7. The van der Waals surface area contributed by atoms with Crippen LogP contribution in [0.15, 0.2) is 103 Å². The molecule has 9 heteroatoms. The summed E-state index contributed by atoms with van der Waals surface area (Å²) in [5.74, 6) is -0.937. The maximum absolute atomic E-state index is 12.8. The Kier molecular flexibility index (Phi) is 10.3. The van der Waals surface area contributed by atoms with Crippen LogP contribution in [0.2, 0.25) is 0 Å². The Morgan fingerprint density at radius 2 is 1.34 bits per heavy atom. The maximum atomic E-state index is 12.8. The summed E-state index contributed by atoms with van der Waals surface area (Å²) in [4.78, 5) is 42.0. The van der Waals surface area contributed by atoms with Crippen molar-refractivity contribution in [2.45, 2.75) is 50.8 Å². The van der Waals surface area contributed by atoms with Crippen LogP contribution in [-0.2, 0) is 24.6 Å². The zero-order valence-electron chi connectivity index (χ0n) is 26.1. The lowest BCUT2D eigenvalue weighted by molar-refractivity contribution is -0.145. The van der Waals surface area contributed by atoms with Crippen LogP contribution in [0.5, 0.6) is 0 Å². The fraction of sp³-hybridized carbons (Fsp3) is 0.343. The predicted octanol–water partition coefficient (Wildman–Crippen LogP) is 4.99. The van der Waals surface area contributed by atoms with Crippen molar-refractivity contribution in [2.24, 2.45) is 0 Å². The van der Waals surface area contributed by atoms with E-state index in [-0.39, 0.29) is 25.3 Å². The van der Waals surface area contributed by atoms with Crippen molar-refractivity contribution in [1.82, 2.24) is 20.4 Å². The highest BCUT2D eigenvalue weighted by atomic mass is 16.6. The summed E-state index contributed by atoms with van der Waals surface area (Å²) in [5.41, 5.74) is 2.84. The number of methoxy groups -OCH3 is 1. The van der Waals surface area contributed by atoms with E-state index >= 15 is 0 Å². The zero-order chi connectivity index (χ0) is 31.7. The number of nitrogens with zero attached hydrogens (tertiary/aromatic N) is 2. The number of alkyl carbamates (subject to hydrolysis) is 1. The standard InChI is InChI=1S/C35H42N4O5/c1-34(2,3)44-33(42)36-22-21-31(40)37-30(32(41)43-5)23-29-24-39(25-38(29)4)35(26-15-9-6-10-16-26,27-17-11-7-12-18-27)28-19-13-8-14-20-28/h6-20,24,30H,21-23,25H2,1-5H3,(H,36,42)(H,37,40)/t30-/m0/s1. The molecule has 1 heterocycles. The first-order valence-corrected chi connectivity index (χ1v) is 14.7. The van der Waals surface area contributed by atoms with Gasteiger partial charge in [0.2, 0.25) is 5.91 Å². The molecule has 0 spiro atoms. The van der Waals surface area contributed by atoms with Gasteiger partial charge in [-0.3, -0.25) is 4.79 Å². The van der Waals surface area contributed by atoms with Crippen molar-refractivity contribution >= 4 is 18.0 Å². The minimum Gasteiger partial charge on any atom is -0.467 e. The number of rotatable bonds is 11. The molecular weight excluding hydrogens is 556 g/mol. The largest absolute Gasteiger partial charge is 0.467 e. The van der Waals surface area contributed by atoms with Crippen molar-refractivity contribution < 1.29 is 23.9 Å². The molecule has 2 N–H and O–H groups in total. The van der Waals surface area contributed by atoms with Crippen LogP contribution in [0.3, 0.4) is 0 Å². The molecule has 0 saturated carbocycles. The minimum absolute atomic E-state index is 0.0210. The van der Waals surface area contributed by atoms with Crippen molar-refractivity contribution in [3.63, 3.8) is 0 Å². The van der Waals surface area contributed by atoms with Crippen molar-refractivity contribution in [1.29, 1.82) is 0 Å². The van der Waals surface area contributed by atoms with Crippen LogP contribution in [-0.4, -0.2) is 66.8 Å². The molecular formula is C35H42N4O5. The van der Waals surface area contributed by atoms with Gasteiger partial charge in [-0.2, -0.15) is 0 Å². The number of hydrogen-bond donors (Lipinski definition) is 2. The van der Waals surface area contributed by atoms with Gasteiger partial charge in [-0.1, -0.05) is 91.0 Å². The third-order valence-corrected chi connectivity index (χ3v) is 7.42. The van der Waals surface area contributed by atoms with Crippen LogP contribution in [0.4, 0.5) is 4.79 Å². The van der Waals surface area contributed by atoms with Crippen LogP contribution in [0, 0.1) is 0 Å². The first-order chi connectivity index (χ1) is 21.0. The monoisotopic (exact) mass is 598 g/mol. The summed E-state index contributed by atoms with van der Waals surface area (Å²) in [6, 6.07) is 30.2. The normalized spacial score (nSPS) is 14.0. The second kappa shape index (κ2) is 14.1. The summed E-state index contributed by atoms with van der Waals surface area (Å²) < 4.78 is 10.3. The molecule has 1 aliphatic rings. The zero-order valence-corrected chi connectivity index (χ0v) is 26.1. The molecule has 0 unspecified atom stereocenters. The number of ether oxygens (including phenoxy) is 2. The van der Waals surface area contributed by atoms with Crippen LogP contribution < -0.4 is 10.6 Å². The molecule has 2 amide bonds. The van der Waals surface area contributed by atoms with Gasteiger partial charge in [-0.15, -0.1) is 0 Å². The quantitative estimate of drug-likeness (QED) is 0.237. The van der Waals surface area contributed by atoms with E-state index in [4.69, 9.17) is 9.47 Å². The highest BCUT2D eigenvalue weighted by Crippen LogP contribution is 2.44. The predicted molar refractivity (Wildman–Crippen MR) is 169 cm³/mol. The second-order valence-electron chi connectivity index (χ2n) is 11.8. The minimum atomic E-state index is -0.915. The number of benzene rings is 3. The molecule has 3 aromatic rings. The van der Waals surface area contributed by atoms with E-state index in [9.17, 15) is 14.4 Å². The molecule has 0 bridgehead atoms. The van der Waals surface area contributed by atoms with E-state index < -0.39 is 29.2 Å². The van der Waals surface area contributed by atoms with Crippen LogP contribution >= 0.6 is 0 Å². The number of nitrogens with one attached hydrogen (secondary N) is 2. The Balaban J connectivity index is 1.61. The summed E-state index contributed by atoms with van der Waals surface area (Å²) in [5, 5.41) is 5.37. The van der Waals surface area contributed by atoms with E-state index in [2.05, 4.69) is 63.0 Å². The highest BCUT2D eigenvalue weighted by molar-refractivity contribution is 5.85. The van der Waals surface area contributed by atoms with Crippen LogP contribution in [0.25, 0.3) is 0 Å². The summed E-state index contributed by atoms with van der Waals surface area (Å²) in [6.45, 7) is 5.90. The van der Waals surface area contributed by atoms with Gasteiger partial charge in [0, 0.05) is 38.3 Å². The highest BCUT2D eigenvalue weighted by Gasteiger charge is 2.44. The molecule has 44 heavy (non-hydrogen) atoms. The lowest BCUT2D eigenvalue weighted by Gasteiger charge is -2.44. The Hall–Kier alpha value is -4.79. The van der Waals surface area contributed by atoms with E-state index in [0.29, 0.717) is 6.67 Å². The molecule has 1 aliphatic heterocycles. The van der Waals surface area contributed by atoms with Crippen molar-refractivity contribution in [3.8, 4) is 0 Å². The Bertz CT molecular complexity index is 1340. The Labute approximate surface area is 259 Å². The van der Waals surface area contributed by atoms with Crippen molar-refractivity contribution in [2.75, 3.05) is 27.4 Å². The van der Waals surface area contributed by atoms with Gasteiger partial charge in [0.25, 0.3) is 0 Å². The SMILES string of the molecule is COC(=O)[C@H](CC1=CN(C(c2ccccc2)(c2ccccc2)c2ccccc2)CN1C)NC(=O)CCNC(=O)OC(C)(C)C. The molecule has 1 atom stereocenters. The van der Waals surface area contributed by atoms with Crippen molar-refractivity contribution in [3.05, 3.63) is 120 Å². The van der Waals surface area contributed by atoms with Gasteiger partial charge in [0.1, 0.15) is 17.2 Å². The van der Waals surface area contributed by atoms with Gasteiger partial charge >= 0.3 is 12.1 Å². The molecule has 9 nitrogen and oxygen atoms in total. The van der Waals surface area contributed by atoms with Crippen LogP contribution in [0.1, 0.15) is 50.3 Å². The van der Waals surface area contributed by atoms with E-state index in [1.54, 1.807) is 20.8 Å². The third kappa shape index (κ3) is 7.58. The van der Waals surface area contributed by atoms with Gasteiger partial charge < -0.3 is 29.9 Å². The second-order valence-corrected chi connectivity index (χ2v) is 11.8. The van der Waals surface area contributed by atoms with Gasteiger partial charge in [0.05, 0.1) is 13.8 Å². The average Bonchev–Trinajstić information content (AvgIpc) is 3.37. The number of hydrogen-bond acceptors (Lipinski definition) is 7. The average molecular weight is 599 g/mol. The molecule has 4 rings (SSSR count). The maximum Gasteiger partial charge on any atom is 0.407 e. The molecule has 0 saturated heterocycles. The topological polar surface area (TPSA) is 100 Å². The number of carbonyl (C=O) groups excluding carboxylic acids is 3. The van der Waals surface area contributed by atoms with E-state index in [1.807, 2.05) is 61.6 Å². The molecule has 0 aliphatic carbocycles. The molecule has 3 aromatic carbocycles. The number of esters is 1. The third-order valence-electron chi connectivity index (χ3n) is 7.42. The molecule has 0 fully saturated rings. The van der Waals surface area contributed by atoms with Gasteiger partial charge in [-0.05, 0) is 37.5 Å². The van der Waals surface area contributed by atoms with Gasteiger partial charge in [-0.25, -0.2) is 9.59 Å². The lowest BCUT2D eigenvalue weighted by Crippen LogP contribution is -2.46. The van der Waals surface area contributed by atoms with E-state index in [1.165, 1.54) is 7.11 Å².